The van der Waals surface area contributed by atoms with Gasteiger partial charge in [-0.25, -0.2) is 0 Å². The van der Waals surface area contributed by atoms with E-state index in [1.165, 1.54) is 5.01 Å². The highest BCUT2D eigenvalue weighted by Crippen LogP contribution is 2.37. The lowest BCUT2D eigenvalue weighted by molar-refractivity contribution is -0.157. The molecule has 0 saturated carbocycles. The Balaban J connectivity index is 1.81. The minimum atomic E-state index is -1.44. The number of methoxy groups -OCH3 is 1. The van der Waals surface area contributed by atoms with Crippen LogP contribution < -0.4 is 4.74 Å². The van der Waals surface area contributed by atoms with Crippen LogP contribution in [0.2, 0.25) is 0 Å². The Hall–Kier alpha value is -2.66. The molecule has 1 heterocycles. The molecule has 0 unspecified atom stereocenters. The van der Waals surface area contributed by atoms with Gasteiger partial charge in [0.2, 0.25) is 5.91 Å². The molecule has 26 heavy (non-hydrogen) atoms. The van der Waals surface area contributed by atoms with Gasteiger partial charge in [-0.15, -0.1) is 0 Å². The lowest BCUT2D eigenvalue weighted by Crippen LogP contribution is -2.43. The van der Waals surface area contributed by atoms with Crippen LogP contribution >= 0.6 is 0 Å². The molecule has 1 aliphatic heterocycles. The van der Waals surface area contributed by atoms with Crippen molar-refractivity contribution in [1.29, 1.82) is 0 Å². The Morgan fingerprint density at radius 3 is 2.50 bits per heavy atom. The summed E-state index contributed by atoms with van der Waals surface area (Å²) >= 11 is 0. The molecule has 3 rings (SSSR count). The first-order valence-corrected chi connectivity index (χ1v) is 8.87. The van der Waals surface area contributed by atoms with E-state index in [2.05, 4.69) is 5.10 Å². The number of carbonyl (C=O) groups excluding carboxylic acids is 1. The van der Waals surface area contributed by atoms with E-state index in [0.717, 1.165) is 11.3 Å². The van der Waals surface area contributed by atoms with Crippen molar-refractivity contribution >= 4 is 11.6 Å². The minimum Gasteiger partial charge on any atom is -0.497 e. The zero-order valence-corrected chi connectivity index (χ0v) is 15.2. The highest BCUT2D eigenvalue weighted by molar-refractivity contribution is 5.90. The van der Waals surface area contributed by atoms with E-state index in [1.54, 1.807) is 31.4 Å². The number of carbonyl (C=O) groups is 1. The summed E-state index contributed by atoms with van der Waals surface area (Å²) in [5.41, 5.74) is 1.11. The zero-order valence-electron chi connectivity index (χ0n) is 15.2. The highest BCUT2D eigenvalue weighted by atomic mass is 16.5. The fourth-order valence-corrected chi connectivity index (χ4v) is 3.16. The monoisotopic (exact) mass is 352 g/mol. The summed E-state index contributed by atoms with van der Waals surface area (Å²) in [6.45, 7) is 1.98. The quantitative estimate of drug-likeness (QED) is 0.866. The van der Waals surface area contributed by atoms with Crippen LogP contribution in [0.1, 0.15) is 37.3 Å². The molecule has 0 aromatic heterocycles. The molecule has 5 heteroatoms. The molecule has 2 aromatic carbocycles. The maximum absolute atomic E-state index is 12.8. The smallest absolute Gasteiger partial charge is 0.245 e. The molecule has 1 aliphatic rings. The molecule has 0 fully saturated rings. The maximum atomic E-state index is 12.8. The Bertz CT molecular complexity index is 787. The summed E-state index contributed by atoms with van der Waals surface area (Å²) in [6.07, 6.45) is 1.93. The van der Waals surface area contributed by atoms with Crippen LogP contribution in [0.25, 0.3) is 0 Å². The van der Waals surface area contributed by atoms with Gasteiger partial charge in [0.15, 0.2) is 5.72 Å². The number of hydrazone groups is 1. The molecule has 0 bridgehead atoms. The van der Waals surface area contributed by atoms with E-state index in [1.807, 2.05) is 37.3 Å². The second kappa shape index (κ2) is 7.70. The summed E-state index contributed by atoms with van der Waals surface area (Å²) in [5.74, 6) is 0.518. The van der Waals surface area contributed by atoms with Crippen molar-refractivity contribution in [2.24, 2.45) is 5.10 Å². The molecule has 1 atom stereocenters. The molecule has 2 aromatic rings. The van der Waals surface area contributed by atoms with Gasteiger partial charge in [-0.2, -0.15) is 10.1 Å². The van der Waals surface area contributed by atoms with Crippen molar-refractivity contribution in [1.82, 2.24) is 5.01 Å². The van der Waals surface area contributed by atoms with Crippen LogP contribution in [0.4, 0.5) is 0 Å². The number of aryl methyl sites for hydroxylation is 1. The van der Waals surface area contributed by atoms with E-state index < -0.39 is 5.72 Å². The second-order valence-electron chi connectivity index (χ2n) is 6.43. The van der Waals surface area contributed by atoms with Crippen LogP contribution in [-0.2, 0) is 16.9 Å². The molecule has 1 N–H and O–H groups in total. The number of ether oxygens (including phenoxy) is 1. The van der Waals surface area contributed by atoms with Crippen LogP contribution in [0, 0.1) is 0 Å². The molecular formula is C21H24N2O3. The average molecular weight is 352 g/mol. The summed E-state index contributed by atoms with van der Waals surface area (Å²) in [5, 5.41) is 17.0. The van der Waals surface area contributed by atoms with Gasteiger partial charge in [0.1, 0.15) is 5.75 Å². The van der Waals surface area contributed by atoms with Crippen molar-refractivity contribution in [3.8, 4) is 5.75 Å². The van der Waals surface area contributed by atoms with Crippen molar-refractivity contribution in [2.45, 2.75) is 38.3 Å². The fourth-order valence-electron chi connectivity index (χ4n) is 3.16. The third-order valence-corrected chi connectivity index (χ3v) is 4.71. The molecular weight excluding hydrogens is 328 g/mol. The Morgan fingerprint density at radius 1 is 1.19 bits per heavy atom. The fraction of sp³-hybridized carbons (Fsp3) is 0.333. The molecule has 1 amide bonds. The first-order valence-electron chi connectivity index (χ1n) is 8.87. The van der Waals surface area contributed by atoms with Crippen LogP contribution in [0.15, 0.2) is 59.7 Å². The van der Waals surface area contributed by atoms with Crippen LogP contribution in [0.5, 0.6) is 5.75 Å². The van der Waals surface area contributed by atoms with Gasteiger partial charge in [-0.3, -0.25) is 4.79 Å². The topological polar surface area (TPSA) is 62.1 Å². The number of hydrogen-bond acceptors (Lipinski definition) is 4. The third-order valence-electron chi connectivity index (χ3n) is 4.71. The number of aliphatic hydroxyl groups is 1. The van der Waals surface area contributed by atoms with Crippen molar-refractivity contribution in [3.63, 3.8) is 0 Å². The molecule has 0 saturated heterocycles. The number of benzene rings is 2. The number of rotatable bonds is 6. The predicted molar refractivity (Wildman–Crippen MR) is 101 cm³/mol. The Labute approximate surface area is 153 Å². The highest BCUT2D eigenvalue weighted by Gasteiger charge is 2.45. The third kappa shape index (κ3) is 3.63. The van der Waals surface area contributed by atoms with Crippen molar-refractivity contribution in [2.75, 3.05) is 7.11 Å². The second-order valence-corrected chi connectivity index (χ2v) is 6.43. The normalized spacial score (nSPS) is 19.3. The van der Waals surface area contributed by atoms with Gasteiger partial charge in [0, 0.05) is 24.1 Å². The van der Waals surface area contributed by atoms with Crippen LogP contribution in [0.3, 0.4) is 0 Å². The standard InChI is InChI=1S/C21H24N2O3/c1-3-18-15-21(25,17-10-12-19(26-2)13-11-17)23(22-18)20(24)14-9-16-7-5-4-6-8-16/h4-8,10-13,25H,3,9,14-15H2,1-2H3/t21-/m0/s1. The van der Waals surface area contributed by atoms with Gasteiger partial charge in [-0.05, 0) is 30.5 Å². The van der Waals surface area contributed by atoms with Gasteiger partial charge in [0.25, 0.3) is 0 Å². The lowest BCUT2D eigenvalue weighted by Gasteiger charge is -2.31. The lowest BCUT2D eigenvalue weighted by atomic mass is 9.96. The van der Waals surface area contributed by atoms with E-state index in [4.69, 9.17) is 4.74 Å². The molecule has 5 nitrogen and oxygen atoms in total. The first kappa shape index (κ1) is 18.1. The Morgan fingerprint density at radius 2 is 1.88 bits per heavy atom. The van der Waals surface area contributed by atoms with Gasteiger partial charge in [-0.1, -0.05) is 49.4 Å². The van der Waals surface area contributed by atoms with E-state index in [9.17, 15) is 9.90 Å². The summed E-state index contributed by atoms with van der Waals surface area (Å²) < 4.78 is 5.18. The first-order chi connectivity index (χ1) is 12.6. The van der Waals surface area contributed by atoms with Crippen LogP contribution in [-0.4, -0.2) is 28.8 Å². The summed E-state index contributed by atoms with van der Waals surface area (Å²) in [7, 11) is 1.59. The minimum absolute atomic E-state index is 0.185. The molecule has 136 valence electrons. The number of nitrogens with zero attached hydrogens (tertiary/aromatic N) is 2. The molecule has 0 spiro atoms. The Kier molecular flexibility index (Phi) is 5.38. The number of amides is 1. The summed E-state index contributed by atoms with van der Waals surface area (Å²) in [4.78, 5) is 12.8. The van der Waals surface area contributed by atoms with E-state index in [-0.39, 0.29) is 5.91 Å². The number of hydrogen-bond donors (Lipinski definition) is 1. The average Bonchev–Trinajstić information content (AvgIpc) is 3.05. The van der Waals surface area contributed by atoms with Crippen molar-refractivity contribution < 1.29 is 14.6 Å². The maximum Gasteiger partial charge on any atom is 0.245 e. The van der Waals surface area contributed by atoms with Gasteiger partial charge < -0.3 is 9.84 Å². The summed E-state index contributed by atoms with van der Waals surface area (Å²) in [6, 6.07) is 17.0. The molecule has 0 radical (unpaired) electrons. The zero-order chi connectivity index (χ0) is 18.6. The van der Waals surface area contributed by atoms with Crippen molar-refractivity contribution in [3.05, 3.63) is 65.7 Å². The predicted octanol–water partition coefficient (Wildman–Crippen LogP) is 3.47. The van der Waals surface area contributed by atoms with Gasteiger partial charge >= 0.3 is 0 Å². The van der Waals surface area contributed by atoms with E-state index >= 15 is 0 Å². The van der Waals surface area contributed by atoms with E-state index in [0.29, 0.717) is 37.0 Å². The molecule has 0 aliphatic carbocycles. The SMILES string of the molecule is CCC1=NN(C(=O)CCc2ccccc2)[C@@](O)(c2ccc(OC)cc2)C1. The largest absolute Gasteiger partial charge is 0.497 e. The van der Waals surface area contributed by atoms with Gasteiger partial charge in [0.05, 0.1) is 7.11 Å².